The van der Waals surface area contributed by atoms with Crippen molar-refractivity contribution < 1.29 is 13.9 Å². The summed E-state index contributed by atoms with van der Waals surface area (Å²) in [6.07, 6.45) is 0. The average molecular weight is 422 g/mol. The molecule has 0 unspecified atom stereocenters. The van der Waals surface area contributed by atoms with Crippen molar-refractivity contribution in [2.24, 2.45) is 0 Å². The number of rotatable bonds is 5. The Balaban J connectivity index is 1.37. The number of anilines is 1. The van der Waals surface area contributed by atoms with Crippen LogP contribution in [0.2, 0.25) is 0 Å². The van der Waals surface area contributed by atoms with Gasteiger partial charge in [-0.15, -0.1) is 0 Å². The van der Waals surface area contributed by atoms with Gasteiger partial charge in [0.1, 0.15) is 11.6 Å². The molecule has 1 saturated heterocycles. The highest BCUT2D eigenvalue weighted by Gasteiger charge is 2.32. The van der Waals surface area contributed by atoms with E-state index in [1.807, 2.05) is 60.4 Å². The number of hydrogen-bond donors (Lipinski definition) is 1. The number of benzene rings is 3. The van der Waals surface area contributed by atoms with E-state index in [9.17, 15) is 9.18 Å². The van der Waals surface area contributed by atoms with E-state index < -0.39 is 0 Å². The molecule has 4 rings (SSSR count). The molecular weight excluding hydrogens is 393 g/mol. The molecule has 0 aliphatic carbocycles. The molecule has 1 amide bonds. The lowest BCUT2D eigenvalue weighted by Gasteiger charge is -2.44. The van der Waals surface area contributed by atoms with Crippen LogP contribution in [0, 0.1) is 5.82 Å². The third-order valence-electron chi connectivity index (χ3n) is 6.02. The Morgan fingerprint density at radius 3 is 2.55 bits per heavy atom. The summed E-state index contributed by atoms with van der Waals surface area (Å²) in [6, 6.07) is 18.4. The number of carbonyl (C=O) groups excluding carboxylic acids is 1. The molecule has 31 heavy (non-hydrogen) atoms. The molecule has 3 aromatic rings. The predicted molar refractivity (Wildman–Crippen MR) is 121 cm³/mol. The van der Waals surface area contributed by atoms with Crippen molar-refractivity contribution in [3.8, 4) is 5.75 Å². The van der Waals surface area contributed by atoms with Crippen LogP contribution in [0.3, 0.4) is 0 Å². The van der Waals surface area contributed by atoms with Gasteiger partial charge in [0.15, 0.2) is 6.61 Å². The maximum absolute atomic E-state index is 13.2. The Kier molecular flexibility index (Phi) is 6.09. The fraction of sp³-hybridized carbons (Fsp3) is 0.320. The van der Waals surface area contributed by atoms with Crippen molar-refractivity contribution in [3.05, 3.63) is 72.0 Å². The molecule has 5 nitrogen and oxygen atoms in total. The number of nitrogens with two attached hydrogens (primary N) is 1. The zero-order chi connectivity index (χ0) is 22.0. The van der Waals surface area contributed by atoms with Gasteiger partial charge in [0, 0.05) is 37.1 Å². The molecule has 0 spiro atoms. The number of nitrogen functional groups attached to an aromatic ring is 1. The molecule has 2 N–H and O–H groups in total. The van der Waals surface area contributed by atoms with Crippen LogP contribution in [0.1, 0.15) is 19.4 Å². The van der Waals surface area contributed by atoms with E-state index in [4.69, 9.17) is 10.5 Å². The Bertz CT molecular complexity index is 1070. The zero-order valence-corrected chi connectivity index (χ0v) is 17.9. The molecule has 0 radical (unpaired) electrons. The van der Waals surface area contributed by atoms with Crippen LogP contribution in [-0.4, -0.2) is 47.5 Å². The number of fused-ring (bicyclic) bond motifs is 1. The minimum Gasteiger partial charge on any atom is -0.482 e. The van der Waals surface area contributed by atoms with Gasteiger partial charge in [-0.1, -0.05) is 42.5 Å². The molecule has 3 aromatic carbocycles. The molecule has 0 aromatic heterocycles. The minimum atomic E-state index is -0.229. The summed E-state index contributed by atoms with van der Waals surface area (Å²) in [5, 5.41) is 1.96. The summed E-state index contributed by atoms with van der Waals surface area (Å²) in [5.41, 5.74) is 7.87. The Hall–Kier alpha value is -3.12. The molecule has 2 atom stereocenters. The standard InChI is InChI=1S/C25H28FN3O2/c1-17-14-29(18(2)13-28(17)15-19-7-10-21(26)11-8-19)24(30)16-31-23-12-9-20-5-3-4-6-22(20)25(23)27/h3-12,17-18H,13-16,27H2,1-2H3/t17-,18+/m1/s1. The van der Waals surface area contributed by atoms with Crippen molar-refractivity contribution in [2.75, 3.05) is 25.4 Å². The third kappa shape index (κ3) is 4.64. The number of nitrogens with zero attached hydrogens (tertiary/aromatic N) is 2. The minimum absolute atomic E-state index is 0.0441. The van der Waals surface area contributed by atoms with Gasteiger partial charge in [-0.25, -0.2) is 4.39 Å². The van der Waals surface area contributed by atoms with Crippen LogP contribution in [0.4, 0.5) is 10.1 Å². The van der Waals surface area contributed by atoms with Gasteiger partial charge in [-0.2, -0.15) is 0 Å². The monoisotopic (exact) mass is 421 g/mol. The molecular formula is C25H28FN3O2. The molecule has 0 bridgehead atoms. The van der Waals surface area contributed by atoms with Crippen LogP contribution < -0.4 is 10.5 Å². The topological polar surface area (TPSA) is 58.8 Å². The lowest BCUT2D eigenvalue weighted by molar-refractivity contribution is -0.139. The predicted octanol–water partition coefficient (Wildman–Crippen LogP) is 4.06. The van der Waals surface area contributed by atoms with Gasteiger partial charge in [0.25, 0.3) is 5.91 Å². The maximum Gasteiger partial charge on any atom is 0.260 e. The highest BCUT2D eigenvalue weighted by molar-refractivity contribution is 5.95. The summed E-state index contributed by atoms with van der Waals surface area (Å²) in [6.45, 7) is 6.22. The number of hydrogen-bond acceptors (Lipinski definition) is 4. The summed E-state index contributed by atoms with van der Waals surface area (Å²) < 4.78 is 19.0. The number of halogens is 1. The number of amides is 1. The average Bonchev–Trinajstić information content (AvgIpc) is 2.77. The number of carbonyl (C=O) groups is 1. The lowest BCUT2D eigenvalue weighted by Crippen LogP contribution is -2.58. The van der Waals surface area contributed by atoms with E-state index in [2.05, 4.69) is 11.8 Å². The van der Waals surface area contributed by atoms with Crippen molar-refractivity contribution in [2.45, 2.75) is 32.5 Å². The van der Waals surface area contributed by atoms with Crippen LogP contribution in [0.15, 0.2) is 60.7 Å². The quantitative estimate of drug-likeness (QED) is 0.631. The second-order valence-electron chi connectivity index (χ2n) is 8.29. The van der Waals surface area contributed by atoms with Crippen LogP contribution in [0.5, 0.6) is 5.75 Å². The van der Waals surface area contributed by atoms with Crippen LogP contribution in [0.25, 0.3) is 10.8 Å². The van der Waals surface area contributed by atoms with Crippen LogP contribution >= 0.6 is 0 Å². The number of ether oxygens (including phenoxy) is 1. The molecule has 1 heterocycles. The SMILES string of the molecule is C[C@@H]1CN(C(=O)COc2ccc3ccccc3c2N)[C@@H](C)CN1Cc1ccc(F)cc1. The zero-order valence-electron chi connectivity index (χ0n) is 17.9. The van der Waals surface area contributed by atoms with E-state index >= 15 is 0 Å². The first kappa shape index (κ1) is 21.1. The summed E-state index contributed by atoms with van der Waals surface area (Å²) in [4.78, 5) is 17.1. The van der Waals surface area contributed by atoms with Gasteiger partial charge in [0.2, 0.25) is 0 Å². The van der Waals surface area contributed by atoms with E-state index in [0.29, 0.717) is 18.0 Å². The first-order chi connectivity index (χ1) is 14.9. The van der Waals surface area contributed by atoms with Gasteiger partial charge >= 0.3 is 0 Å². The first-order valence-corrected chi connectivity index (χ1v) is 10.6. The van der Waals surface area contributed by atoms with Gasteiger partial charge in [-0.05, 0) is 43.0 Å². The van der Waals surface area contributed by atoms with E-state index in [0.717, 1.165) is 29.4 Å². The third-order valence-corrected chi connectivity index (χ3v) is 6.02. The highest BCUT2D eigenvalue weighted by Crippen LogP contribution is 2.30. The molecule has 1 aliphatic heterocycles. The second kappa shape index (κ2) is 8.94. The van der Waals surface area contributed by atoms with Crippen molar-refractivity contribution in [1.29, 1.82) is 0 Å². The fourth-order valence-corrected chi connectivity index (χ4v) is 4.21. The van der Waals surface area contributed by atoms with E-state index in [1.54, 1.807) is 0 Å². The molecule has 6 heteroatoms. The van der Waals surface area contributed by atoms with E-state index in [-0.39, 0.29) is 30.4 Å². The molecule has 162 valence electrons. The Morgan fingerprint density at radius 2 is 1.77 bits per heavy atom. The van der Waals surface area contributed by atoms with Gasteiger partial charge < -0.3 is 15.4 Å². The molecule has 0 saturated carbocycles. The fourth-order valence-electron chi connectivity index (χ4n) is 4.21. The maximum atomic E-state index is 13.2. The first-order valence-electron chi connectivity index (χ1n) is 10.6. The van der Waals surface area contributed by atoms with Crippen molar-refractivity contribution in [1.82, 2.24) is 9.80 Å². The lowest BCUT2D eigenvalue weighted by atomic mass is 10.1. The molecule has 1 fully saturated rings. The summed E-state index contributed by atoms with van der Waals surface area (Å²) in [5.74, 6) is 0.253. The Morgan fingerprint density at radius 1 is 1.03 bits per heavy atom. The normalized spacial score (nSPS) is 19.5. The van der Waals surface area contributed by atoms with E-state index in [1.165, 1.54) is 12.1 Å². The van der Waals surface area contributed by atoms with Crippen LogP contribution in [-0.2, 0) is 11.3 Å². The largest absolute Gasteiger partial charge is 0.482 e. The van der Waals surface area contributed by atoms with Crippen molar-refractivity contribution in [3.63, 3.8) is 0 Å². The number of piperazine rings is 1. The highest BCUT2D eigenvalue weighted by atomic mass is 19.1. The van der Waals surface area contributed by atoms with Gasteiger partial charge in [-0.3, -0.25) is 9.69 Å². The van der Waals surface area contributed by atoms with Gasteiger partial charge in [0.05, 0.1) is 5.69 Å². The van der Waals surface area contributed by atoms with Crippen molar-refractivity contribution >= 4 is 22.4 Å². The Labute approximate surface area is 182 Å². The second-order valence-corrected chi connectivity index (χ2v) is 8.29. The smallest absolute Gasteiger partial charge is 0.260 e. The molecule has 1 aliphatic rings. The summed E-state index contributed by atoms with van der Waals surface area (Å²) >= 11 is 0. The summed E-state index contributed by atoms with van der Waals surface area (Å²) in [7, 11) is 0.